The average molecular weight is 262 g/mol. The van der Waals surface area contributed by atoms with Gasteiger partial charge >= 0.3 is 5.97 Å². The van der Waals surface area contributed by atoms with Gasteiger partial charge in [0.2, 0.25) is 0 Å². The number of carboxylic acid groups (broad SMARTS) is 1. The first-order valence-electron chi connectivity index (χ1n) is 6.45. The van der Waals surface area contributed by atoms with Gasteiger partial charge in [0.25, 0.3) is 0 Å². The molecule has 4 heteroatoms. The van der Waals surface area contributed by atoms with E-state index < -0.39 is 5.97 Å². The van der Waals surface area contributed by atoms with E-state index in [1.54, 1.807) is 12.1 Å². The first kappa shape index (κ1) is 15.2. The number of nitrogens with one attached hydrogen (secondary N) is 1. The van der Waals surface area contributed by atoms with Crippen molar-refractivity contribution in [3.05, 3.63) is 35.5 Å². The lowest BCUT2D eigenvalue weighted by atomic mass is 9.91. The van der Waals surface area contributed by atoms with Gasteiger partial charge in [0, 0.05) is 17.7 Å². The molecule has 0 saturated carbocycles. The second-order valence-corrected chi connectivity index (χ2v) is 5.47. The monoisotopic (exact) mass is 262 g/mol. The number of pyridine rings is 1. The van der Waals surface area contributed by atoms with Gasteiger partial charge in [-0.05, 0) is 25.5 Å². The molecule has 0 saturated heterocycles. The number of carboxylic acids is 1. The molecule has 0 aromatic carbocycles. The lowest BCUT2D eigenvalue weighted by Crippen LogP contribution is -2.16. The predicted octanol–water partition coefficient (Wildman–Crippen LogP) is 3.46. The molecule has 0 atom stereocenters. The normalized spacial score (nSPS) is 11.8. The minimum absolute atomic E-state index is 0.175. The Bertz CT molecular complexity index is 474. The summed E-state index contributed by atoms with van der Waals surface area (Å²) in [4.78, 5) is 15.6. The van der Waals surface area contributed by atoms with Gasteiger partial charge in [-0.15, -0.1) is 0 Å². The van der Waals surface area contributed by atoms with Crippen LogP contribution in [-0.4, -0.2) is 22.6 Å². The fourth-order valence-electron chi connectivity index (χ4n) is 1.58. The highest BCUT2D eigenvalue weighted by molar-refractivity contribution is 5.88. The second-order valence-electron chi connectivity index (χ2n) is 5.47. The molecule has 0 fully saturated rings. The summed E-state index contributed by atoms with van der Waals surface area (Å²) in [7, 11) is 0. The lowest BCUT2D eigenvalue weighted by molar-refractivity contribution is 0.0696. The zero-order chi connectivity index (χ0) is 14.5. The van der Waals surface area contributed by atoms with Crippen LogP contribution >= 0.6 is 0 Å². The van der Waals surface area contributed by atoms with Gasteiger partial charge < -0.3 is 10.4 Å². The molecular weight excluding hydrogens is 240 g/mol. The molecule has 0 spiro atoms. The second kappa shape index (κ2) is 6.36. The number of aromatic carboxylic acids is 1. The Morgan fingerprint density at radius 3 is 2.63 bits per heavy atom. The van der Waals surface area contributed by atoms with Crippen molar-refractivity contribution in [1.29, 1.82) is 0 Å². The number of anilines is 1. The minimum atomic E-state index is -0.926. The van der Waals surface area contributed by atoms with Crippen molar-refractivity contribution in [3.63, 3.8) is 0 Å². The summed E-state index contributed by atoms with van der Waals surface area (Å²) >= 11 is 0. The molecule has 0 aliphatic rings. The van der Waals surface area contributed by atoms with Crippen LogP contribution in [0.2, 0.25) is 0 Å². The van der Waals surface area contributed by atoms with Crippen LogP contribution in [0.4, 0.5) is 5.82 Å². The van der Waals surface area contributed by atoms with Crippen LogP contribution in [0, 0.1) is 0 Å². The zero-order valence-electron chi connectivity index (χ0n) is 12.0. The standard InChI is InChI=1S/C15H22N2O2/c1-5-6-7-8-16-13-10-11(14(18)19)9-12(17-13)15(2,3)4/h5-6,9-10H,7-8H2,1-4H3,(H,16,17)(H,18,19)/b6-5+. The van der Waals surface area contributed by atoms with Gasteiger partial charge in [0.05, 0.1) is 5.56 Å². The number of hydrogen-bond donors (Lipinski definition) is 2. The van der Waals surface area contributed by atoms with E-state index in [-0.39, 0.29) is 11.0 Å². The molecule has 104 valence electrons. The van der Waals surface area contributed by atoms with Gasteiger partial charge in [-0.1, -0.05) is 32.9 Å². The van der Waals surface area contributed by atoms with Crippen LogP contribution in [0.15, 0.2) is 24.3 Å². The molecule has 19 heavy (non-hydrogen) atoms. The number of rotatable bonds is 5. The third-order valence-electron chi connectivity index (χ3n) is 2.69. The molecule has 1 rings (SSSR count). The summed E-state index contributed by atoms with van der Waals surface area (Å²) in [5.74, 6) is -0.307. The van der Waals surface area contributed by atoms with Gasteiger partial charge in [-0.25, -0.2) is 9.78 Å². The van der Waals surface area contributed by atoms with E-state index >= 15 is 0 Å². The van der Waals surface area contributed by atoms with Crippen molar-refractivity contribution < 1.29 is 9.90 Å². The molecule has 0 amide bonds. The van der Waals surface area contributed by atoms with Crippen LogP contribution in [0.1, 0.15) is 50.2 Å². The fourth-order valence-corrected chi connectivity index (χ4v) is 1.58. The smallest absolute Gasteiger partial charge is 0.335 e. The average Bonchev–Trinajstić information content (AvgIpc) is 2.33. The quantitative estimate of drug-likeness (QED) is 0.630. The molecule has 1 aromatic heterocycles. The first-order valence-corrected chi connectivity index (χ1v) is 6.45. The molecule has 1 heterocycles. The maximum Gasteiger partial charge on any atom is 0.335 e. The third-order valence-corrected chi connectivity index (χ3v) is 2.69. The van der Waals surface area contributed by atoms with Crippen LogP contribution < -0.4 is 5.32 Å². The molecule has 0 aliphatic carbocycles. The van der Waals surface area contributed by atoms with Gasteiger partial charge in [0.1, 0.15) is 5.82 Å². The van der Waals surface area contributed by atoms with Crippen LogP contribution in [-0.2, 0) is 5.41 Å². The van der Waals surface area contributed by atoms with Crippen molar-refractivity contribution in [3.8, 4) is 0 Å². The minimum Gasteiger partial charge on any atom is -0.478 e. The number of aromatic nitrogens is 1. The van der Waals surface area contributed by atoms with Gasteiger partial charge in [-0.3, -0.25) is 0 Å². The Morgan fingerprint density at radius 1 is 1.42 bits per heavy atom. The molecule has 0 radical (unpaired) electrons. The van der Waals surface area contributed by atoms with E-state index in [0.29, 0.717) is 5.82 Å². The highest BCUT2D eigenvalue weighted by atomic mass is 16.4. The Kier molecular flexibility index (Phi) is 5.10. The fraction of sp³-hybridized carbons (Fsp3) is 0.467. The molecule has 0 bridgehead atoms. The maximum atomic E-state index is 11.1. The van der Waals surface area contributed by atoms with Crippen LogP contribution in [0.5, 0.6) is 0 Å². The van der Waals surface area contributed by atoms with E-state index in [2.05, 4.69) is 16.4 Å². The van der Waals surface area contributed by atoms with Gasteiger partial charge in [-0.2, -0.15) is 0 Å². The molecule has 1 aromatic rings. The Balaban J connectivity index is 2.97. The van der Waals surface area contributed by atoms with E-state index in [4.69, 9.17) is 5.11 Å². The molecular formula is C15H22N2O2. The molecule has 2 N–H and O–H groups in total. The largest absolute Gasteiger partial charge is 0.478 e. The van der Waals surface area contributed by atoms with Crippen LogP contribution in [0.3, 0.4) is 0 Å². The van der Waals surface area contributed by atoms with Crippen molar-refractivity contribution in [1.82, 2.24) is 4.98 Å². The van der Waals surface area contributed by atoms with Crippen LogP contribution in [0.25, 0.3) is 0 Å². The molecule has 4 nitrogen and oxygen atoms in total. The summed E-state index contributed by atoms with van der Waals surface area (Å²) < 4.78 is 0. The Hall–Kier alpha value is -1.84. The van der Waals surface area contributed by atoms with Crippen molar-refractivity contribution >= 4 is 11.8 Å². The highest BCUT2D eigenvalue weighted by Crippen LogP contribution is 2.23. The summed E-state index contributed by atoms with van der Waals surface area (Å²) in [5.41, 5.74) is 0.875. The van der Waals surface area contributed by atoms with Crippen molar-refractivity contribution in [2.24, 2.45) is 0 Å². The SMILES string of the molecule is C/C=C/CCNc1cc(C(=O)O)cc(C(C)(C)C)n1. The Morgan fingerprint density at radius 2 is 2.11 bits per heavy atom. The molecule has 0 unspecified atom stereocenters. The number of nitrogens with zero attached hydrogens (tertiary/aromatic N) is 1. The van der Waals surface area contributed by atoms with Crippen molar-refractivity contribution in [2.75, 3.05) is 11.9 Å². The maximum absolute atomic E-state index is 11.1. The summed E-state index contributed by atoms with van der Waals surface area (Å²) in [5, 5.41) is 12.3. The number of hydrogen-bond acceptors (Lipinski definition) is 3. The lowest BCUT2D eigenvalue weighted by Gasteiger charge is -2.19. The molecule has 0 aliphatic heterocycles. The van der Waals surface area contributed by atoms with E-state index in [1.807, 2.05) is 33.8 Å². The number of carbonyl (C=O) groups is 1. The van der Waals surface area contributed by atoms with E-state index in [1.165, 1.54) is 0 Å². The third kappa shape index (κ3) is 4.73. The number of allylic oxidation sites excluding steroid dienone is 1. The topological polar surface area (TPSA) is 62.2 Å². The summed E-state index contributed by atoms with van der Waals surface area (Å²) in [6, 6.07) is 3.21. The summed E-state index contributed by atoms with van der Waals surface area (Å²) in [6.07, 6.45) is 4.93. The van der Waals surface area contributed by atoms with E-state index in [0.717, 1.165) is 18.7 Å². The highest BCUT2D eigenvalue weighted by Gasteiger charge is 2.18. The Labute approximate surface area is 114 Å². The zero-order valence-corrected chi connectivity index (χ0v) is 12.0. The predicted molar refractivity (Wildman–Crippen MR) is 77.8 cm³/mol. The first-order chi connectivity index (χ1) is 8.84. The summed E-state index contributed by atoms with van der Waals surface area (Å²) in [6.45, 7) is 8.77. The van der Waals surface area contributed by atoms with Crippen molar-refractivity contribution in [2.45, 2.75) is 39.5 Å². The van der Waals surface area contributed by atoms with Gasteiger partial charge in [0.15, 0.2) is 0 Å². The van der Waals surface area contributed by atoms with E-state index in [9.17, 15) is 4.79 Å².